The highest BCUT2D eigenvalue weighted by molar-refractivity contribution is 5.94. The molecule has 0 aliphatic carbocycles. The van der Waals surface area contributed by atoms with E-state index in [1.807, 2.05) is 46.8 Å². The second-order valence-electron chi connectivity index (χ2n) is 5.43. The lowest BCUT2D eigenvalue weighted by molar-refractivity contribution is -0.125. The van der Waals surface area contributed by atoms with Crippen molar-refractivity contribution in [1.82, 2.24) is 5.32 Å². The van der Waals surface area contributed by atoms with E-state index in [1.54, 1.807) is 0 Å². The van der Waals surface area contributed by atoms with Crippen molar-refractivity contribution in [2.45, 2.75) is 53.5 Å². The number of hydrogen-bond acceptors (Lipinski definition) is 3. The first-order valence-electron chi connectivity index (χ1n) is 7.43. The Labute approximate surface area is 126 Å². The summed E-state index contributed by atoms with van der Waals surface area (Å²) < 4.78 is 5.13. The highest BCUT2D eigenvalue weighted by Gasteiger charge is 2.16. The van der Waals surface area contributed by atoms with Crippen LogP contribution in [-0.2, 0) is 9.53 Å². The van der Waals surface area contributed by atoms with Gasteiger partial charge in [-0.3, -0.25) is 4.79 Å². The lowest BCUT2D eigenvalue weighted by atomic mass is 10.00. The Kier molecular flexibility index (Phi) is 6.40. The maximum absolute atomic E-state index is 12.1. The van der Waals surface area contributed by atoms with Crippen LogP contribution in [0.1, 0.15) is 53.7 Å². The first-order chi connectivity index (χ1) is 9.88. The summed E-state index contributed by atoms with van der Waals surface area (Å²) in [6.45, 7) is 9.53. The molecule has 1 rings (SSSR count). The monoisotopic (exact) mass is 291 g/mol. The van der Waals surface area contributed by atoms with Gasteiger partial charge in [0.05, 0.1) is 5.56 Å². The minimum Gasteiger partial charge on any atom is -0.452 e. The standard InChI is InChI=1S/C17H25NO3/c1-6-14(7-2)18-15(19)10-21-17(20)16-12(4)8-11(3)9-13(16)5/h8-9,14H,6-7,10H2,1-5H3,(H,18,19). The van der Waals surface area contributed by atoms with Crippen molar-refractivity contribution in [3.05, 3.63) is 34.4 Å². The average Bonchev–Trinajstić information content (AvgIpc) is 2.41. The van der Waals surface area contributed by atoms with Crippen LogP contribution in [0.15, 0.2) is 12.1 Å². The van der Waals surface area contributed by atoms with Crippen LogP contribution in [0.4, 0.5) is 0 Å². The lowest BCUT2D eigenvalue weighted by Crippen LogP contribution is -2.37. The van der Waals surface area contributed by atoms with Gasteiger partial charge < -0.3 is 10.1 Å². The predicted molar refractivity (Wildman–Crippen MR) is 83.4 cm³/mol. The number of carbonyl (C=O) groups is 2. The Balaban J connectivity index is 2.65. The predicted octanol–water partition coefficient (Wildman–Crippen LogP) is 3.07. The Morgan fingerprint density at radius 3 is 2.10 bits per heavy atom. The zero-order valence-electron chi connectivity index (χ0n) is 13.6. The van der Waals surface area contributed by atoms with Crippen molar-refractivity contribution in [2.24, 2.45) is 0 Å². The van der Waals surface area contributed by atoms with Gasteiger partial charge in [0.1, 0.15) is 0 Å². The summed E-state index contributed by atoms with van der Waals surface area (Å²) in [5.74, 6) is -0.691. The third kappa shape index (κ3) is 4.88. The summed E-state index contributed by atoms with van der Waals surface area (Å²) in [5, 5.41) is 2.85. The Hall–Kier alpha value is -1.84. The van der Waals surface area contributed by atoms with Crippen molar-refractivity contribution in [3.63, 3.8) is 0 Å². The van der Waals surface area contributed by atoms with E-state index in [9.17, 15) is 9.59 Å². The van der Waals surface area contributed by atoms with E-state index < -0.39 is 5.97 Å². The molecule has 4 nitrogen and oxygen atoms in total. The molecule has 1 aromatic rings. The van der Waals surface area contributed by atoms with E-state index in [1.165, 1.54) is 0 Å². The van der Waals surface area contributed by atoms with Crippen LogP contribution in [0.5, 0.6) is 0 Å². The zero-order chi connectivity index (χ0) is 16.0. The molecule has 0 aromatic heterocycles. The van der Waals surface area contributed by atoms with Gasteiger partial charge in [0.15, 0.2) is 6.61 Å². The van der Waals surface area contributed by atoms with Gasteiger partial charge in [-0.25, -0.2) is 4.79 Å². The van der Waals surface area contributed by atoms with Gasteiger partial charge in [0.2, 0.25) is 0 Å². The van der Waals surface area contributed by atoms with E-state index in [2.05, 4.69) is 5.32 Å². The van der Waals surface area contributed by atoms with Gasteiger partial charge in [0, 0.05) is 6.04 Å². The third-order valence-corrected chi connectivity index (χ3v) is 3.57. The second kappa shape index (κ2) is 7.81. The maximum Gasteiger partial charge on any atom is 0.339 e. The van der Waals surface area contributed by atoms with Gasteiger partial charge in [-0.15, -0.1) is 0 Å². The van der Waals surface area contributed by atoms with Crippen LogP contribution in [0.25, 0.3) is 0 Å². The summed E-state index contributed by atoms with van der Waals surface area (Å²) in [5.41, 5.74) is 3.40. The van der Waals surface area contributed by atoms with E-state index in [-0.39, 0.29) is 18.6 Å². The molecular weight excluding hydrogens is 266 g/mol. The molecular formula is C17H25NO3. The molecule has 0 saturated carbocycles. The largest absolute Gasteiger partial charge is 0.452 e. The number of benzene rings is 1. The first kappa shape index (κ1) is 17.2. The van der Waals surface area contributed by atoms with Crippen molar-refractivity contribution >= 4 is 11.9 Å². The first-order valence-corrected chi connectivity index (χ1v) is 7.43. The highest BCUT2D eigenvalue weighted by Crippen LogP contribution is 2.17. The molecule has 116 valence electrons. The molecule has 0 heterocycles. The number of hydrogen-bond donors (Lipinski definition) is 1. The van der Waals surface area contributed by atoms with Crippen LogP contribution in [0.3, 0.4) is 0 Å². The number of nitrogens with one attached hydrogen (secondary N) is 1. The number of esters is 1. The number of amides is 1. The molecule has 0 atom stereocenters. The van der Waals surface area contributed by atoms with Gasteiger partial charge in [-0.2, -0.15) is 0 Å². The average molecular weight is 291 g/mol. The normalized spacial score (nSPS) is 10.6. The SMILES string of the molecule is CCC(CC)NC(=O)COC(=O)c1c(C)cc(C)cc1C. The molecule has 0 fully saturated rings. The highest BCUT2D eigenvalue weighted by atomic mass is 16.5. The summed E-state index contributed by atoms with van der Waals surface area (Å²) in [7, 11) is 0. The minimum atomic E-state index is -0.440. The van der Waals surface area contributed by atoms with Crippen LogP contribution < -0.4 is 5.32 Å². The number of ether oxygens (including phenoxy) is 1. The Morgan fingerprint density at radius 2 is 1.62 bits per heavy atom. The van der Waals surface area contributed by atoms with Crippen LogP contribution in [0.2, 0.25) is 0 Å². The summed E-state index contributed by atoms with van der Waals surface area (Å²) >= 11 is 0. The third-order valence-electron chi connectivity index (χ3n) is 3.57. The molecule has 1 N–H and O–H groups in total. The summed E-state index contributed by atoms with van der Waals surface area (Å²) in [6, 6.07) is 4.01. The molecule has 0 spiro atoms. The van der Waals surface area contributed by atoms with Crippen LogP contribution >= 0.6 is 0 Å². The van der Waals surface area contributed by atoms with Gasteiger partial charge in [0.25, 0.3) is 5.91 Å². The molecule has 1 aromatic carbocycles. The molecule has 4 heteroatoms. The fourth-order valence-corrected chi connectivity index (χ4v) is 2.47. The topological polar surface area (TPSA) is 55.4 Å². The smallest absolute Gasteiger partial charge is 0.339 e. The maximum atomic E-state index is 12.1. The molecule has 0 aliphatic heterocycles. The van der Waals surface area contributed by atoms with E-state index in [0.717, 1.165) is 29.5 Å². The fraction of sp³-hybridized carbons (Fsp3) is 0.529. The van der Waals surface area contributed by atoms with Crippen molar-refractivity contribution in [1.29, 1.82) is 0 Å². The number of aryl methyl sites for hydroxylation is 3. The molecule has 0 bridgehead atoms. The minimum absolute atomic E-state index is 0.138. The molecule has 0 saturated heterocycles. The van der Waals surface area contributed by atoms with Crippen molar-refractivity contribution < 1.29 is 14.3 Å². The van der Waals surface area contributed by atoms with Gasteiger partial charge in [-0.1, -0.05) is 31.5 Å². The molecule has 0 radical (unpaired) electrons. The summed E-state index contributed by atoms with van der Waals surface area (Å²) in [4.78, 5) is 23.9. The van der Waals surface area contributed by atoms with E-state index >= 15 is 0 Å². The second-order valence-corrected chi connectivity index (χ2v) is 5.43. The van der Waals surface area contributed by atoms with Crippen molar-refractivity contribution in [3.8, 4) is 0 Å². The van der Waals surface area contributed by atoms with E-state index in [4.69, 9.17) is 4.74 Å². The molecule has 21 heavy (non-hydrogen) atoms. The number of carbonyl (C=O) groups excluding carboxylic acids is 2. The molecule has 0 unspecified atom stereocenters. The zero-order valence-corrected chi connectivity index (χ0v) is 13.6. The molecule has 0 aliphatic rings. The van der Waals surface area contributed by atoms with Gasteiger partial charge in [-0.05, 0) is 44.7 Å². The number of rotatable bonds is 6. The fourth-order valence-electron chi connectivity index (χ4n) is 2.47. The van der Waals surface area contributed by atoms with Gasteiger partial charge >= 0.3 is 5.97 Å². The van der Waals surface area contributed by atoms with Crippen LogP contribution in [0, 0.1) is 20.8 Å². The van der Waals surface area contributed by atoms with Crippen LogP contribution in [-0.4, -0.2) is 24.5 Å². The quantitative estimate of drug-likeness (QED) is 0.819. The Bertz CT molecular complexity index is 496. The van der Waals surface area contributed by atoms with Crippen molar-refractivity contribution in [2.75, 3.05) is 6.61 Å². The lowest BCUT2D eigenvalue weighted by Gasteiger charge is -2.15. The van der Waals surface area contributed by atoms with E-state index in [0.29, 0.717) is 5.56 Å². The molecule has 1 amide bonds. The Morgan fingerprint density at radius 1 is 1.10 bits per heavy atom. The summed E-state index contributed by atoms with van der Waals surface area (Å²) in [6.07, 6.45) is 1.73.